The molecule has 5 aromatic rings. The van der Waals surface area contributed by atoms with Gasteiger partial charge in [-0.25, -0.2) is 0 Å². The summed E-state index contributed by atoms with van der Waals surface area (Å²) in [5.74, 6) is 0. The fraction of sp³-hybridized carbons (Fsp3) is 0.0833. The van der Waals surface area contributed by atoms with Gasteiger partial charge in [-0.15, -0.1) is 0 Å². The van der Waals surface area contributed by atoms with E-state index >= 15 is 0 Å². The Kier molecular flexibility index (Phi) is 3.69. The van der Waals surface area contributed by atoms with Crippen LogP contribution in [0.2, 0.25) is 0 Å². The molecule has 1 heterocycles. The molecule has 2 nitrogen and oxygen atoms in total. The van der Waals surface area contributed by atoms with Crippen LogP contribution in [0.1, 0.15) is 5.56 Å². The molecule has 0 unspecified atom stereocenters. The van der Waals surface area contributed by atoms with Gasteiger partial charge >= 0.3 is 0 Å². The molecule has 5 rings (SSSR count). The molecule has 0 N–H and O–H groups in total. The summed E-state index contributed by atoms with van der Waals surface area (Å²) in [5.41, 5.74) is 2.40. The van der Waals surface area contributed by atoms with E-state index in [4.69, 9.17) is 4.74 Å². The summed E-state index contributed by atoms with van der Waals surface area (Å²) in [7, 11) is 0. The second kappa shape index (κ2) is 6.32. The molecule has 2 heteroatoms. The first-order valence-corrected chi connectivity index (χ1v) is 8.90. The van der Waals surface area contributed by atoms with Gasteiger partial charge in [-0.1, -0.05) is 54.6 Å². The molecule has 4 aromatic carbocycles. The SMILES string of the molecule is c1ccc(COCn2ccc3cc4cc5ccccc5cc4cc32)cc1. The highest BCUT2D eigenvalue weighted by Crippen LogP contribution is 2.28. The molecular weight excluding hydrogens is 318 g/mol. The van der Waals surface area contributed by atoms with Crippen LogP contribution in [0, 0.1) is 0 Å². The van der Waals surface area contributed by atoms with Crippen molar-refractivity contribution in [3.05, 3.63) is 96.7 Å². The Morgan fingerprint density at radius 2 is 1.27 bits per heavy atom. The van der Waals surface area contributed by atoms with Crippen LogP contribution in [0.15, 0.2) is 91.1 Å². The number of ether oxygens (including phenoxy) is 1. The number of fused-ring (bicyclic) bond motifs is 3. The summed E-state index contributed by atoms with van der Waals surface area (Å²) in [6.07, 6.45) is 2.11. The minimum absolute atomic E-state index is 0.553. The minimum atomic E-state index is 0.553. The maximum absolute atomic E-state index is 5.92. The van der Waals surface area contributed by atoms with E-state index < -0.39 is 0 Å². The highest BCUT2D eigenvalue weighted by atomic mass is 16.5. The van der Waals surface area contributed by atoms with Gasteiger partial charge in [0.1, 0.15) is 6.73 Å². The van der Waals surface area contributed by atoms with Gasteiger partial charge in [0.2, 0.25) is 0 Å². The van der Waals surface area contributed by atoms with Crippen molar-refractivity contribution in [2.45, 2.75) is 13.3 Å². The monoisotopic (exact) mass is 337 g/mol. The highest BCUT2D eigenvalue weighted by molar-refractivity contribution is 6.04. The van der Waals surface area contributed by atoms with Gasteiger partial charge in [-0.05, 0) is 57.4 Å². The molecule has 0 aliphatic rings. The quantitative estimate of drug-likeness (QED) is 0.360. The molecule has 26 heavy (non-hydrogen) atoms. The summed E-state index contributed by atoms with van der Waals surface area (Å²) in [4.78, 5) is 0. The van der Waals surface area contributed by atoms with Crippen molar-refractivity contribution in [3.8, 4) is 0 Å². The van der Waals surface area contributed by atoms with Gasteiger partial charge in [0.25, 0.3) is 0 Å². The van der Waals surface area contributed by atoms with Gasteiger partial charge in [0, 0.05) is 11.6 Å². The third kappa shape index (κ3) is 2.75. The van der Waals surface area contributed by atoms with E-state index in [9.17, 15) is 0 Å². The Labute approximate surface area is 152 Å². The fourth-order valence-electron chi connectivity index (χ4n) is 3.58. The van der Waals surface area contributed by atoms with Crippen molar-refractivity contribution in [1.82, 2.24) is 4.57 Å². The summed E-state index contributed by atoms with van der Waals surface area (Å²) in [6, 6.07) is 30.0. The molecule has 0 atom stereocenters. The van der Waals surface area contributed by atoms with Crippen molar-refractivity contribution in [1.29, 1.82) is 0 Å². The van der Waals surface area contributed by atoms with E-state index in [2.05, 4.69) is 77.5 Å². The molecule has 0 aliphatic heterocycles. The summed E-state index contributed by atoms with van der Waals surface area (Å²) < 4.78 is 8.09. The van der Waals surface area contributed by atoms with Crippen molar-refractivity contribution in [3.63, 3.8) is 0 Å². The second-order valence-corrected chi connectivity index (χ2v) is 6.71. The first-order chi connectivity index (χ1) is 12.9. The topological polar surface area (TPSA) is 14.2 Å². The van der Waals surface area contributed by atoms with Crippen LogP contribution in [0.4, 0.5) is 0 Å². The number of rotatable bonds is 4. The number of hydrogen-bond acceptors (Lipinski definition) is 1. The maximum atomic E-state index is 5.92. The Hall–Kier alpha value is -3.10. The molecule has 126 valence electrons. The summed E-state index contributed by atoms with van der Waals surface area (Å²) in [6.45, 7) is 1.18. The lowest BCUT2D eigenvalue weighted by molar-refractivity contribution is 0.0668. The molecule has 0 spiro atoms. The first kappa shape index (κ1) is 15.2. The summed E-state index contributed by atoms with van der Waals surface area (Å²) in [5, 5.41) is 6.34. The van der Waals surface area contributed by atoms with Gasteiger partial charge in [0.15, 0.2) is 0 Å². The Morgan fingerprint density at radius 1 is 0.615 bits per heavy atom. The average molecular weight is 337 g/mol. The molecule has 1 aromatic heterocycles. The fourth-order valence-corrected chi connectivity index (χ4v) is 3.58. The molecule has 0 aliphatic carbocycles. The Balaban J connectivity index is 1.48. The second-order valence-electron chi connectivity index (χ2n) is 6.71. The molecule has 0 saturated carbocycles. The first-order valence-electron chi connectivity index (χ1n) is 8.90. The smallest absolute Gasteiger partial charge is 0.123 e. The van der Waals surface area contributed by atoms with E-state index in [-0.39, 0.29) is 0 Å². The predicted octanol–water partition coefficient (Wildman–Crippen LogP) is 6.12. The van der Waals surface area contributed by atoms with E-state index in [1.807, 2.05) is 18.2 Å². The molecule has 0 bridgehead atoms. The van der Waals surface area contributed by atoms with Crippen molar-refractivity contribution < 1.29 is 4.74 Å². The van der Waals surface area contributed by atoms with Crippen LogP contribution in [0.3, 0.4) is 0 Å². The van der Waals surface area contributed by atoms with Crippen LogP contribution < -0.4 is 0 Å². The van der Waals surface area contributed by atoms with Crippen LogP contribution >= 0.6 is 0 Å². The lowest BCUT2D eigenvalue weighted by Crippen LogP contribution is -2.01. The normalized spacial score (nSPS) is 11.5. The van der Waals surface area contributed by atoms with Crippen LogP contribution in [-0.4, -0.2) is 4.57 Å². The zero-order chi connectivity index (χ0) is 17.3. The van der Waals surface area contributed by atoms with Crippen molar-refractivity contribution >= 4 is 32.4 Å². The lowest BCUT2D eigenvalue weighted by Gasteiger charge is -2.09. The van der Waals surface area contributed by atoms with E-state index in [0.717, 1.165) is 0 Å². The van der Waals surface area contributed by atoms with Crippen molar-refractivity contribution in [2.24, 2.45) is 0 Å². The number of benzene rings is 4. The van der Waals surface area contributed by atoms with Crippen LogP contribution in [0.25, 0.3) is 32.4 Å². The van der Waals surface area contributed by atoms with E-state index in [1.165, 1.54) is 38.0 Å². The number of aromatic nitrogens is 1. The van der Waals surface area contributed by atoms with E-state index in [1.54, 1.807) is 0 Å². The number of hydrogen-bond donors (Lipinski definition) is 0. The molecule has 0 radical (unpaired) electrons. The zero-order valence-electron chi connectivity index (χ0n) is 14.4. The lowest BCUT2D eigenvalue weighted by atomic mass is 10.0. The molecule has 0 amide bonds. The summed E-state index contributed by atoms with van der Waals surface area (Å²) >= 11 is 0. The predicted molar refractivity (Wildman–Crippen MR) is 108 cm³/mol. The number of nitrogens with zero attached hydrogens (tertiary/aromatic N) is 1. The van der Waals surface area contributed by atoms with Crippen LogP contribution in [0.5, 0.6) is 0 Å². The Bertz CT molecular complexity index is 1200. The zero-order valence-corrected chi connectivity index (χ0v) is 14.4. The van der Waals surface area contributed by atoms with Gasteiger partial charge < -0.3 is 9.30 Å². The average Bonchev–Trinajstić information content (AvgIpc) is 3.07. The van der Waals surface area contributed by atoms with Gasteiger partial charge in [0.05, 0.1) is 12.1 Å². The van der Waals surface area contributed by atoms with Gasteiger partial charge in [-0.2, -0.15) is 0 Å². The standard InChI is InChI=1S/C24H19NO/c1-2-6-18(7-3-1)16-26-17-25-11-10-21-14-22-12-19-8-4-5-9-20(19)13-23(22)15-24(21)25/h1-15H,16-17H2. The van der Waals surface area contributed by atoms with Crippen LogP contribution in [-0.2, 0) is 18.1 Å². The Morgan fingerprint density at radius 3 is 2.04 bits per heavy atom. The largest absolute Gasteiger partial charge is 0.356 e. The molecule has 0 fully saturated rings. The van der Waals surface area contributed by atoms with Gasteiger partial charge in [-0.3, -0.25) is 0 Å². The third-order valence-electron chi connectivity index (χ3n) is 4.94. The maximum Gasteiger partial charge on any atom is 0.123 e. The highest BCUT2D eigenvalue weighted by Gasteiger charge is 2.05. The van der Waals surface area contributed by atoms with Crippen molar-refractivity contribution in [2.75, 3.05) is 0 Å². The molecule has 0 saturated heterocycles. The molecular formula is C24H19NO. The minimum Gasteiger partial charge on any atom is -0.356 e. The third-order valence-corrected chi connectivity index (χ3v) is 4.94. The van der Waals surface area contributed by atoms with E-state index in [0.29, 0.717) is 13.3 Å².